The highest BCUT2D eigenvalue weighted by atomic mass is 16.5. The van der Waals surface area contributed by atoms with Crippen LogP contribution in [0.4, 0.5) is 0 Å². The fourth-order valence-corrected chi connectivity index (χ4v) is 7.60. The zero-order valence-corrected chi connectivity index (χ0v) is 27.7. The molecule has 1 aliphatic rings. The molecular weight excluding hydrogens is 623 g/mol. The van der Waals surface area contributed by atoms with Crippen molar-refractivity contribution in [3.63, 3.8) is 0 Å². The van der Waals surface area contributed by atoms with Crippen LogP contribution in [0.3, 0.4) is 0 Å². The van der Waals surface area contributed by atoms with E-state index in [0.717, 1.165) is 78.7 Å². The number of benzene rings is 8. The van der Waals surface area contributed by atoms with Crippen LogP contribution in [0.1, 0.15) is 0 Å². The number of rotatable bonds is 3. The Bertz CT molecular complexity index is 2740. The van der Waals surface area contributed by atoms with Gasteiger partial charge in [0.15, 0.2) is 0 Å². The topological polar surface area (TPSA) is 23.4 Å². The average molecular weight is 654 g/mol. The summed E-state index contributed by atoms with van der Waals surface area (Å²) in [5.41, 5.74) is 11.6. The number of aromatic nitrogens is 1. The Balaban J connectivity index is 1.28. The lowest BCUT2D eigenvalue weighted by Gasteiger charge is -2.24. The molecule has 0 atom stereocenters. The minimum Gasteiger partial charge on any atom is -0.456 e. The van der Waals surface area contributed by atoms with Crippen molar-refractivity contribution in [1.82, 2.24) is 4.57 Å². The molecule has 0 bridgehead atoms. The van der Waals surface area contributed by atoms with Gasteiger partial charge in [-0.05, 0) is 59.2 Å². The van der Waals surface area contributed by atoms with Crippen LogP contribution >= 0.6 is 0 Å². The molecule has 51 heavy (non-hydrogen) atoms. The van der Waals surface area contributed by atoms with E-state index >= 15 is 0 Å². The van der Waals surface area contributed by atoms with Crippen molar-refractivity contribution >= 4 is 21.8 Å². The van der Waals surface area contributed by atoms with Gasteiger partial charge in [0, 0.05) is 44.3 Å². The Hall–Kier alpha value is -6.84. The normalized spacial score (nSPS) is 11.8. The fourth-order valence-electron chi connectivity index (χ4n) is 7.60. The van der Waals surface area contributed by atoms with Gasteiger partial charge in [-0.3, -0.25) is 0 Å². The molecule has 2 heterocycles. The average Bonchev–Trinajstić information content (AvgIpc) is 3.53. The molecule has 0 radical (unpaired) electrons. The second kappa shape index (κ2) is 11.9. The first-order valence-corrected chi connectivity index (χ1v) is 17.3. The van der Waals surface area contributed by atoms with Crippen LogP contribution in [0.5, 0.6) is 23.0 Å². The van der Waals surface area contributed by atoms with Crippen LogP contribution in [0, 0.1) is 0 Å². The maximum absolute atomic E-state index is 7.23. The SMILES string of the molecule is c1ccc(-c2cccc3c2-c2cccc(-c4ccc5c6ccccc6n(-c6ccccc6)c5c4)c2Oc2ccccc2-c2ccccc2O3)cc1. The molecule has 8 aromatic carbocycles. The van der Waals surface area contributed by atoms with Crippen molar-refractivity contribution in [1.29, 1.82) is 0 Å². The molecule has 1 aliphatic heterocycles. The van der Waals surface area contributed by atoms with E-state index in [0.29, 0.717) is 0 Å². The fraction of sp³-hybridized carbons (Fsp3) is 0. The van der Waals surface area contributed by atoms with Crippen molar-refractivity contribution in [2.24, 2.45) is 0 Å². The molecule has 9 aromatic rings. The van der Waals surface area contributed by atoms with Gasteiger partial charge in [-0.2, -0.15) is 0 Å². The third kappa shape index (κ3) is 4.82. The van der Waals surface area contributed by atoms with Gasteiger partial charge < -0.3 is 14.0 Å². The van der Waals surface area contributed by atoms with Gasteiger partial charge in [0.25, 0.3) is 0 Å². The monoisotopic (exact) mass is 653 g/mol. The zero-order valence-electron chi connectivity index (χ0n) is 27.7. The Morgan fingerprint density at radius 3 is 1.71 bits per heavy atom. The second-order valence-corrected chi connectivity index (χ2v) is 12.8. The molecule has 0 unspecified atom stereocenters. The first-order valence-electron chi connectivity index (χ1n) is 17.3. The second-order valence-electron chi connectivity index (χ2n) is 12.8. The molecule has 0 saturated carbocycles. The van der Waals surface area contributed by atoms with E-state index < -0.39 is 0 Å². The van der Waals surface area contributed by atoms with E-state index in [1.807, 2.05) is 24.3 Å². The smallest absolute Gasteiger partial charge is 0.143 e. The summed E-state index contributed by atoms with van der Waals surface area (Å²) >= 11 is 0. The van der Waals surface area contributed by atoms with Crippen LogP contribution < -0.4 is 9.47 Å². The maximum atomic E-state index is 7.23. The van der Waals surface area contributed by atoms with Gasteiger partial charge in [0.2, 0.25) is 0 Å². The predicted molar refractivity (Wildman–Crippen MR) is 209 cm³/mol. The standard InChI is InChI=1S/C48H31NO2/c1-3-15-32(16-4-1)35-22-14-28-46-47(35)41-24-13-23-36(48(41)51-45-27-12-9-21-40(45)39-20-8-11-26-44(39)50-46)33-29-30-38-37-19-7-10-25-42(37)49(43(38)31-33)34-17-5-2-6-18-34/h1-31H. The summed E-state index contributed by atoms with van der Waals surface area (Å²) in [6, 6.07) is 65.7. The molecule has 240 valence electrons. The molecule has 0 fully saturated rings. The van der Waals surface area contributed by atoms with E-state index in [1.54, 1.807) is 0 Å². The molecule has 3 heteroatoms. The van der Waals surface area contributed by atoms with Crippen LogP contribution in [-0.4, -0.2) is 4.57 Å². The van der Waals surface area contributed by atoms with Crippen molar-refractivity contribution < 1.29 is 9.47 Å². The number of ether oxygens (including phenoxy) is 2. The molecule has 0 amide bonds. The van der Waals surface area contributed by atoms with Gasteiger partial charge in [-0.15, -0.1) is 0 Å². The van der Waals surface area contributed by atoms with Crippen molar-refractivity contribution in [2.75, 3.05) is 0 Å². The van der Waals surface area contributed by atoms with Crippen LogP contribution in [0.25, 0.3) is 72.0 Å². The molecule has 0 N–H and O–H groups in total. The largest absolute Gasteiger partial charge is 0.456 e. The molecular formula is C48H31NO2. The predicted octanol–water partition coefficient (Wildman–Crippen LogP) is 13.3. The Kier molecular flexibility index (Phi) is 6.81. The molecule has 3 nitrogen and oxygen atoms in total. The zero-order chi connectivity index (χ0) is 33.7. The van der Waals surface area contributed by atoms with Gasteiger partial charge in [-0.1, -0.05) is 146 Å². The minimum absolute atomic E-state index is 0.766. The summed E-state index contributed by atoms with van der Waals surface area (Å²) in [6.45, 7) is 0. The highest BCUT2D eigenvalue weighted by Gasteiger charge is 2.25. The summed E-state index contributed by atoms with van der Waals surface area (Å²) in [6.07, 6.45) is 0. The Labute approximate surface area is 296 Å². The minimum atomic E-state index is 0.766. The number of fused-ring (bicyclic) bond motifs is 9. The van der Waals surface area contributed by atoms with E-state index in [2.05, 4.69) is 168 Å². The highest BCUT2D eigenvalue weighted by Crippen LogP contribution is 2.52. The molecule has 1 aromatic heterocycles. The third-order valence-corrected chi connectivity index (χ3v) is 9.89. The first-order chi connectivity index (χ1) is 25.3. The van der Waals surface area contributed by atoms with Crippen LogP contribution in [-0.2, 0) is 0 Å². The number of para-hydroxylation sites is 5. The maximum Gasteiger partial charge on any atom is 0.143 e. The summed E-state index contributed by atoms with van der Waals surface area (Å²) in [4.78, 5) is 0. The van der Waals surface area contributed by atoms with E-state index in [1.165, 1.54) is 16.3 Å². The lowest BCUT2D eigenvalue weighted by molar-refractivity contribution is 0.473. The molecule has 0 saturated heterocycles. The van der Waals surface area contributed by atoms with Gasteiger partial charge in [-0.25, -0.2) is 0 Å². The number of nitrogens with zero attached hydrogens (tertiary/aromatic N) is 1. The number of hydrogen-bond acceptors (Lipinski definition) is 2. The van der Waals surface area contributed by atoms with E-state index in [4.69, 9.17) is 9.47 Å². The van der Waals surface area contributed by atoms with Gasteiger partial charge in [0.05, 0.1) is 11.0 Å². The summed E-state index contributed by atoms with van der Waals surface area (Å²) < 4.78 is 16.5. The van der Waals surface area contributed by atoms with Gasteiger partial charge in [0.1, 0.15) is 23.0 Å². The molecule has 0 aliphatic carbocycles. The lowest BCUT2D eigenvalue weighted by atomic mass is 9.90. The van der Waals surface area contributed by atoms with Gasteiger partial charge >= 0.3 is 0 Å². The van der Waals surface area contributed by atoms with Crippen molar-refractivity contribution in [3.05, 3.63) is 188 Å². The quantitative estimate of drug-likeness (QED) is 0.189. The van der Waals surface area contributed by atoms with E-state index in [-0.39, 0.29) is 0 Å². The summed E-state index contributed by atoms with van der Waals surface area (Å²) in [7, 11) is 0. The first kappa shape index (κ1) is 29.1. The van der Waals surface area contributed by atoms with Crippen molar-refractivity contribution in [2.45, 2.75) is 0 Å². The van der Waals surface area contributed by atoms with Crippen LogP contribution in [0.2, 0.25) is 0 Å². The summed E-state index contributed by atoms with van der Waals surface area (Å²) in [5, 5.41) is 2.43. The lowest BCUT2D eigenvalue weighted by Crippen LogP contribution is -2.00. The highest BCUT2D eigenvalue weighted by molar-refractivity contribution is 6.10. The number of hydrogen-bond donors (Lipinski definition) is 0. The third-order valence-electron chi connectivity index (χ3n) is 9.89. The van der Waals surface area contributed by atoms with Crippen molar-refractivity contribution in [3.8, 4) is 73.2 Å². The Morgan fingerprint density at radius 2 is 0.902 bits per heavy atom. The molecule has 0 spiro atoms. The van der Waals surface area contributed by atoms with Crippen LogP contribution in [0.15, 0.2) is 188 Å². The van der Waals surface area contributed by atoms with E-state index in [9.17, 15) is 0 Å². The summed E-state index contributed by atoms with van der Waals surface area (Å²) in [5.74, 6) is 3.09. The molecule has 10 rings (SSSR count). The Morgan fingerprint density at radius 1 is 0.333 bits per heavy atom.